The van der Waals surface area contributed by atoms with E-state index < -0.39 is 26.7 Å². The van der Waals surface area contributed by atoms with E-state index in [1.165, 1.54) is 4.31 Å². The van der Waals surface area contributed by atoms with Crippen LogP contribution in [0.4, 0.5) is 13.2 Å². The highest BCUT2D eigenvalue weighted by Crippen LogP contribution is 2.35. The van der Waals surface area contributed by atoms with Crippen molar-refractivity contribution in [2.45, 2.75) is 24.0 Å². The van der Waals surface area contributed by atoms with Crippen LogP contribution in [0.2, 0.25) is 5.02 Å². The van der Waals surface area contributed by atoms with Crippen molar-refractivity contribution < 1.29 is 21.6 Å². The highest BCUT2D eigenvalue weighted by atomic mass is 35.5. The lowest BCUT2D eigenvalue weighted by atomic mass is 10.1. The van der Waals surface area contributed by atoms with Crippen molar-refractivity contribution in [1.82, 2.24) is 4.31 Å². The maximum absolute atomic E-state index is 12.8. The molecule has 3 rings (SSSR count). The summed E-state index contributed by atoms with van der Waals surface area (Å²) in [5.41, 5.74) is -0.151. The van der Waals surface area contributed by atoms with E-state index in [1.807, 2.05) is 11.4 Å². The lowest BCUT2D eigenvalue weighted by Gasteiger charge is -2.26. The van der Waals surface area contributed by atoms with Crippen molar-refractivity contribution in [3.05, 3.63) is 50.7 Å². The summed E-state index contributed by atoms with van der Waals surface area (Å²) in [5.74, 6) is 0. The second-order valence-electron chi connectivity index (χ2n) is 5.10. The molecule has 23 heavy (non-hydrogen) atoms. The van der Waals surface area contributed by atoms with Gasteiger partial charge in [-0.3, -0.25) is 0 Å². The summed E-state index contributed by atoms with van der Waals surface area (Å²) >= 11 is 7.40. The minimum Gasteiger partial charge on any atom is -0.207 e. The largest absolute Gasteiger partial charge is 0.416 e. The molecule has 0 amide bonds. The predicted molar refractivity (Wildman–Crippen MR) is 82.1 cm³/mol. The summed E-state index contributed by atoms with van der Waals surface area (Å²) in [6.45, 7) is 0.371. The van der Waals surface area contributed by atoms with Crippen LogP contribution in [0.1, 0.15) is 16.0 Å². The number of nitrogens with zero attached hydrogens (tertiary/aromatic N) is 1. The Balaban J connectivity index is 2.01. The summed E-state index contributed by atoms with van der Waals surface area (Å²) in [4.78, 5) is 0.597. The number of thiophene rings is 1. The number of rotatable bonds is 2. The first-order valence-corrected chi connectivity index (χ1v) is 9.31. The van der Waals surface area contributed by atoms with Crippen molar-refractivity contribution in [3.8, 4) is 0 Å². The zero-order valence-electron chi connectivity index (χ0n) is 11.6. The molecule has 2 aromatic rings. The standard InChI is InChI=1S/C14H11ClF3NO2S2/c15-11-2-1-10(14(16,17)18)7-13(11)23(20,21)19-5-3-12-9(8-19)4-6-22-12/h1-2,4,6-7H,3,5,8H2. The van der Waals surface area contributed by atoms with Gasteiger partial charge >= 0.3 is 6.18 Å². The molecule has 124 valence electrons. The van der Waals surface area contributed by atoms with Crippen molar-refractivity contribution in [1.29, 1.82) is 0 Å². The lowest BCUT2D eigenvalue weighted by molar-refractivity contribution is -0.137. The number of halogens is 4. The summed E-state index contributed by atoms with van der Waals surface area (Å²) in [5, 5.41) is 1.66. The molecule has 1 aliphatic rings. The topological polar surface area (TPSA) is 37.4 Å². The molecule has 0 N–H and O–H groups in total. The van der Waals surface area contributed by atoms with Gasteiger partial charge in [0.15, 0.2) is 0 Å². The number of sulfonamides is 1. The first kappa shape index (κ1) is 16.8. The molecule has 9 heteroatoms. The quantitative estimate of drug-likeness (QED) is 0.783. The zero-order valence-corrected chi connectivity index (χ0v) is 14.0. The molecule has 0 spiro atoms. The molecular weight excluding hydrogens is 371 g/mol. The second kappa shape index (κ2) is 5.77. The predicted octanol–water partition coefficient (Wildman–Crippen LogP) is 4.17. The molecule has 0 bridgehead atoms. The van der Waals surface area contributed by atoms with Crippen LogP contribution in [0.3, 0.4) is 0 Å². The average molecular weight is 382 g/mol. The number of fused-ring (bicyclic) bond motifs is 1. The van der Waals surface area contributed by atoms with Gasteiger partial charge in [0.1, 0.15) is 4.90 Å². The number of hydrogen-bond donors (Lipinski definition) is 0. The van der Waals surface area contributed by atoms with Crippen molar-refractivity contribution in [2.24, 2.45) is 0 Å². The third kappa shape index (κ3) is 3.13. The van der Waals surface area contributed by atoms with Crippen molar-refractivity contribution in [3.63, 3.8) is 0 Å². The number of hydrogen-bond acceptors (Lipinski definition) is 3. The molecule has 3 nitrogen and oxygen atoms in total. The van der Waals surface area contributed by atoms with Gasteiger partial charge in [0, 0.05) is 18.0 Å². The summed E-state index contributed by atoms with van der Waals surface area (Å²) < 4.78 is 65.1. The van der Waals surface area contributed by atoms with Gasteiger partial charge in [0.2, 0.25) is 10.0 Å². The average Bonchev–Trinajstić information content (AvgIpc) is 2.93. The summed E-state index contributed by atoms with van der Waals surface area (Å²) in [6, 6.07) is 4.17. The molecule has 1 aromatic heterocycles. The van der Waals surface area contributed by atoms with E-state index in [-0.39, 0.29) is 18.1 Å². The zero-order chi connectivity index (χ0) is 16.8. The summed E-state index contributed by atoms with van der Waals surface area (Å²) in [6.07, 6.45) is -4.08. The fourth-order valence-electron chi connectivity index (χ4n) is 2.44. The van der Waals surface area contributed by atoms with Gasteiger partial charge in [-0.05, 0) is 41.6 Å². The first-order valence-electron chi connectivity index (χ1n) is 6.62. The highest BCUT2D eigenvalue weighted by Gasteiger charge is 2.35. The van der Waals surface area contributed by atoms with E-state index in [0.29, 0.717) is 12.5 Å². The molecular formula is C14H11ClF3NO2S2. The van der Waals surface area contributed by atoms with E-state index in [4.69, 9.17) is 11.6 Å². The van der Waals surface area contributed by atoms with Crippen molar-refractivity contribution >= 4 is 33.0 Å². The van der Waals surface area contributed by atoms with Gasteiger partial charge in [-0.2, -0.15) is 17.5 Å². The van der Waals surface area contributed by atoms with Crippen LogP contribution < -0.4 is 0 Å². The van der Waals surface area contributed by atoms with Crippen LogP contribution in [0.15, 0.2) is 34.5 Å². The maximum Gasteiger partial charge on any atom is 0.416 e. The van der Waals surface area contributed by atoms with Gasteiger partial charge in [-0.15, -0.1) is 11.3 Å². The van der Waals surface area contributed by atoms with Crippen LogP contribution in [-0.4, -0.2) is 19.3 Å². The Morgan fingerprint density at radius 2 is 1.96 bits per heavy atom. The maximum atomic E-state index is 12.8. The van der Waals surface area contributed by atoms with E-state index >= 15 is 0 Å². The van der Waals surface area contributed by atoms with Crippen LogP contribution in [0.25, 0.3) is 0 Å². The molecule has 0 aliphatic carbocycles. The van der Waals surface area contributed by atoms with Gasteiger partial charge < -0.3 is 0 Å². The second-order valence-corrected chi connectivity index (χ2v) is 8.41. The Bertz CT molecular complexity index is 846. The molecule has 0 atom stereocenters. The van der Waals surface area contributed by atoms with Crippen LogP contribution in [0.5, 0.6) is 0 Å². The van der Waals surface area contributed by atoms with Crippen LogP contribution in [0, 0.1) is 0 Å². The van der Waals surface area contributed by atoms with Crippen molar-refractivity contribution in [2.75, 3.05) is 6.54 Å². The third-order valence-electron chi connectivity index (χ3n) is 3.65. The Morgan fingerprint density at radius 1 is 1.22 bits per heavy atom. The molecule has 0 unspecified atom stereocenters. The Hall–Kier alpha value is -1.09. The fraction of sp³-hybridized carbons (Fsp3) is 0.286. The van der Waals surface area contributed by atoms with Gasteiger partial charge in [-0.25, -0.2) is 8.42 Å². The van der Waals surface area contributed by atoms with Gasteiger partial charge in [0.25, 0.3) is 0 Å². The number of alkyl halides is 3. The minimum atomic E-state index is -4.63. The van der Waals surface area contributed by atoms with E-state index in [1.54, 1.807) is 11.3 Å². The molecule has 2 heterocycles. The van der Waals surface area contributed by atoms with Crippen LogP contribution in [-0.2, 0) is 29.2 Å². The van der Waals surface area contributed by atoms with E-state index in [2.05, 4.69) is 0 Å². The monoisotopic (exact) mass is 381 g/mol. The first-order chi connectivity index (χ1) is 10.7. The molecule has 0 saturated heterocycles. The molecule has 0 fully saturated rings. The van der Waals surface area contributed by atoms with Crippen LogP contribution >= 0.6 is 22.9 Å². The van der Waals surface area contributed by atoms with Gasteiger partial charge in [0.05, 0.1) is 10.6 Å². The smallest absolute Gasteiger partial charge is 0.207 e. The highest BCUT2D eigenvalue weighted by molar-refractivity contribution is 7.89. The Labute approximate surface area is 140 Å². The normalized spacial score (nSPS) is 16.3. The molecule has 1 aliphatic heterocycles. The molecule has 1 aromatic carbocycles. The molecule has 0 saturated carbocycles. The Morgan fingerprint density at radius 3 is 2.65 bits per heavy atom. The molecule has 0 radical (unpaired) electrons. The summed E-state index contributed by atoms with van der Waals surface area (Å²) in [7, 11) is -4.09. The fourth-order valence-corrected chi connectivity index (χ4v) is 5.25. The number of benzene rings is 1. The van der Waals surface area contributed by atoms with E-state index in [9.17, 15) is 21.6 Å². The third-order valence-corrected chi connectivity index (χ3v) is 7.00. The lowest BCUT2D eigenvalue weighted by Crippen LogP contribution is -2.35. The SMILES string of the molecule is O=S(=O)(c1cc(C(F)(F)F)ccc1Cl)N1CCc2sccc2C1. The van der Waals surface area contributed by atoms with Gasteiger partial charge in [-0.1, -0.05) is 11.6 Å². The minimum absolute atomic E-state index is 0.147. The Kier molecular flexibility index (Phi) is 4.20. The van der Waals surface area contributed by atoms with E-state index in [0.717, 1.165) is 22.6 Å².